The Morgan fingerprint density at radius 3 is 2.56 bits per heavy atom. The third-order valence-corrected chi connectivity index (χ3v) is 2.34. The molecular weight excluding hydrogens is 236 g/mol. The summed E-state index contributed by atoms with van der Waals surface area (Å²) >= 11 is 5.77. The van der Waals surface area contributed by atoms with E-state index in [4.69, 9.17) is 16.3 Å². The molecule has 0 aromatic heterocycles. The monoisotopic (exact) mass is 246 g/mol. The number of halogens is 1. The molecule has 0 radical (unpaired) electrons. The highest BCUT2D eigenvalue weighted by Crippen LogP contribution is 2.35. The summed E-state index contributed by atoms with van der Waals surface area (Å²) in [5.41, 5.74) is 0.114. The zero-order chi connectivity index (χ0) is 12.3. The number of aromatic hydroxyl groups is 1. The molecule has 0 amide bonds. The van der Waals surface area contributed by atoms with Crippen molar-refractivity contribution in [2.45, 2.75) is 6.10 Å². The van der Waals surface area contributed by atoms with E-state index in [-0.39, 0.29) is 22.1 Å². The first kappa shape index (κ1) is 12.6. The van der Waals surface area contributed by atoms with Gasteiger partial charge in [-0.15, -0.1) is 0 Å². The second-order valence-corrected chi connectivity index (χ2v) is 3.38. The number of ether oxygens (including phenoxy) is 2. The van der Waals surface area contributed by atoms with Crippen molar-refractivity contribution in [2.75, 3.05) is 14.2 Å². The van der Waals surface area contributed by atoms with Crippen LogP contribution in [0.5, 0.6) is 11.5 Å². The number of esters is 1. The molecule has 2 N–H and O–H groups in total. The number of benzene rings is 1. The van der Waals surface area contributed by atoms with Crippen LogP contribution in [0, 0.1) is 0 Å². The van der Waals surface area contributed by atoms with E-state index < -0.39 is 12.1 Å². The maximum Gasteiger partial charge on any atom is 0.339 e. The first-order valence-corrected chi connectivity index (χ1v) is 4.71. The molecule has 5 nitrogen and oxygen atoms in total. The van der Waals surface area contributed by atoms with Gasteiger partial charge in [0.25, 0.3) is 0 Å². The summed E-state index contributed by atoms with van der Waals surface area (Å²) in [7, 11) is 2.49. The second-order valence-electron chi connectivity index (χ2n) is 2.97. The van der Waals surface area contributed by atoms with Crippen LogP contribution in [0.25, 0.3) is 0 Å². The van der Waals surface area contributed by atoms with Crippen LogP contribution in [0.15, 0.2) is 12.1 Å². The highest BCUT2D eigenvalue weighted by atomic mass is 35.5. The van der Waals surface area contributed by atoms with Gasteiger partial charge in [-0.1, -0.05) is 11.6 Å². The minimum Gasteiger partial charge on any atom is -0.504 e. The van der Waals surface area contributed by atoms with Crippen molar-refractivity contribution in [3.8, 4) is 11.5 Å². The van der Waals surface area contributed by atoms with Crippen LogP contribution < -0.4 is 4.74 Å². The Hall–Kier alpha value is -1.46. The van der Waals surface area contributed by atoms with Gasteiger partial charge in [0.1, 0.15) is 0 Å². The average molecular weight is 247 g/mol. The number of hydrogen-bond donors (Lipinski definition) is 2. The number of aliphatic hydroxyl groups is 1. The average Bonchev–Trinajstić information content (AvgIpc) is 2.27. The summed E-state index contributed by atoms with van der Waals surface area (Å²) in [6.45, 7) is 0. The third kappa shape index (κ3) is 2.37. The van der Waals surface area contributed by atoms with Gasteiger partial charge in [-0.2, -0.15) is 0 Å². The smallest absolute Gasteiger partial charge is 0.339 e. The zero-order valence-electron chi connectivity index (χ0n) is 8.73. The zero-order valence-corrected chi connectivity index (χ0v) is 9.49. The molecule has 1 rings (SSSR count). The van der Waals surface area contributed by atoms with Crippen molar-refractivity contribution in [3.63, 3.8) is 0 Å². The first-order chi connectivity index (χ1) is 7.51. The number of aliphatic hydroxyl groups excluding tert-OH is 1. The largest absolute Gasteiger partial charge is 0.504 e. The van der Waals surface area contributed by atoms with Gasteiger partial charge in [0.15, 0.2) is 17.6 Å². The molecule has 0 aliphatic rings. The molecule has 1 aromatic rings. The fraction of sp³-hybridized carbons (Fsp3) is 0.300. The molecule has 0 spiro atoms. The molecule has 0 aliphatic heterocycles. The van der Waals surface area contributed by atoms with Crippen LogP contribution in [0.1, 0.15) is 11.7 Å². The molecule has 16 heavy (non-hydrogen) atoms. The maximum atomic E-state index is 11.1. The number of carbonyl (C=O) groups excluding carboxylic acids is 1. The van der Waals surface area contributed by atoms with Gasteiger partial charge in [0.05, 0.1) is 19.2 Å². The normalized spacial score (nSPS) is 12.0. The quantitative estimate of drug-likeness (QED) is 0.786. The van der Waals surface area contributed by atoms with Gasteiger partial charge in [0.2, 0.25) is 0 Å². The van der Waals surface area contributed by atoms with Crippen molar-refractivity contribution < 1.29 is 24.5 Å². The Morgan fingerprint density at radius 1 is 1.44 bits per heavy atom. The molecule has 0 aliphatic carbocycles. The maximum absolute atomic E-state index is 11.1. The van der Waals surface area contributed by atoms with Crippen LogP contribution in [-0.2, 0) is 9.53 Å². The molecule has 88 valence electrons. The second kappa shape index (κ2) is 5.05. The Morgan fingerprint density at radius 2 is 2.06 bits per heavy atom. The van der Waals surface area contributed by atoms with Gasteiger partial charge >= 0.3 is 5.97 Å². The SMILES string of the molecule is COC(=O)C(O)c1cc(OC)c(O)cc1Cl. The van der Waals surface area contributed by atoms with Crippen LogP contribution in [0.3, 0.4) is 0 Å². The van der Waals surface area contributed by atoms with Crippen LogP contribution in [-0.4, -0.2) is 30.4 Å². The van der Waals surface area contributed by atoms with Crippen molar-refractivity contribution in [2.24, 2.45) is 0 Å². The molecule has 6 heteroatoms. The minimum absolute atomic E-state index is 0.0520. The number of phenols is 1. The first-order valence-electron chi connectivity index (χ1n) is 4.33. The van der Waals surface area contributed by atoms with Crippen LogP contribution in [0.4, 0.5) is 0 Å². The van der Waals surface area contributed by atoms with Gasteiger partial charge in [-0.05, 0) is 6.07 Å². The summed E-state index contributed by atoms with van der Waals surface area (Å²) in [4.78, 5) is 11.1. The number of rotatable bonds is 3. The van der Waals surface area contributed by atoms with Crippen LogP contribution in [0.2, 0.25) is 5.02 Å². The van der Waals surface area contributed by atoms with Crippen molar-refractivity contribution in [1.29, 1.82) is 0 Å². The predicted molar refractivity (Wildman–Crippen MR) is 56.6 cm³/mol. The summed E-state index contributed by atoms with van der Waals surface area (Å²) in [6, 6.07) is 2.46. The molecule has 1 unspecified atom stereocenters. The summed E-state index contributed by atoms with van der Waals surface area (Å²) in [5.74, 6) is -0.898. The van der Waals surface area contributed by atoms with Crippen LogP contribution >= 0.6 is 11.6 Å². The fourth-order valence-electron chi connectivity index (χ4n) is 1.17. The molecule has 0 bridgehead atoms. The Bertz CT molecular complexity index is 404. The summed E-state index contributed by atoms with van der Waals surface area (Å²) in [5, 5.41) is 19.0. The van der Waals surface area contributed by atoms with Crippen molar-refractivity contribution >= 4 is 17.6 Å². The van der Waals surface area contributed by atoms with Gasteiger partial charge in [-0.25, -0.2) is 4.79 Å². The standard InChI is InChI=1S/C10H11ClO5/c1-15-8-3-5(6(11)4-7(8)12)9(13)10(14)16-2/h3-4,9,12-13H,1-2H3. The van der Waals surface area contributed by atoms with E-state index in [1.807, 2.05) is 0 Å². The highest BCUT2D eigenvalue weighted by molar-refractivity contribution is 6.31. The van der Waals surface area contributed by atoms with E-state index >= 15 is 0 Å². The lowest BCUT2D eigenvalue weighted by atomic mass is 10.1. The van der Waals surface area contributed by atoms with E-state index in [1.165, 1.54) is 19.2 Å². The van der Waals surface area contributed by atoms with E-state index in [0.29, 0.717) is 0 Å². The molecule has 0 heterocycles. The molecule has 0 saturated carbocycles. The molecular formula is C10H11ClO5. The summed E-state index contributed by atoms with van der Waals surface area (Å²) < 4.78 is 9.21. The molecule has 0 fully saturated rings. The molecule has 0 saturated heterocycles. The van der Waals surface area contributed by atoms with Gasteiger partial charge < -0.3 is 19.7 Å². The number of methoxy groups -OCH3 is 2. The van der Waals surface area contributed by atoms with E-state index in [0.717, 1.165) is 7.11 Å². The fourth-order valence-corrected chi connectivity index (χ4v) is 1.43. The Labute approximate surface area is 97.2 Å². The van der Waals surface area contributed by atoms with E-state index in [1.54, 1.807) is 0 Å². The molecule has 1 atom stereocenters. The lowest BCUT2D eigenvalue weighted by molar-refractivity contribution is -0.150. The predicted octanol–water partition coefficient (Wildman–Crippen LogP) is 1.26. The summed E-state index contributed by atoms with van der Waals surface area (Å²) in [6.07, 6.45) is -1.51. The molecule has 1 aromatic carbocycles. The van der Waals surface area contributed by atoms with E-state index in [9.17, 15) is 15.0 Å². The Kier molecular flexibility index (Phi) is 3.98. The minimum atomic E-state index is -1.51. The van der Waals surface area contributed by atoms with E-state index in [2.05, 4.69) is 4.74 Å². The van der Waals surface area contributed by atoms with Gasteiger partial charge in [-0.3, -0.25) is 0 Å². The van der Waals surface area contributed by atoms with Gasteiger partial charge in [0, 0.05) is 11.6 Å². The third-order valence-electron chi connectivity index (χ3n) is 2.02. The van der Waals surface area contributed by atoms with Crippen molar-refractivity contribution in [3.05, 3.63) is 22.7 Å². The van der Waals surface area contributed by atoms with Crippen molar-refractivity contribution in [1.82, 2.24) is 0 Å². The number of phenolic OH excluding ortho intramolecular Hbond substituents is 1. The highest BCUT2D eigenvalue weighted by Gasteiger charge is 2.22. The topological polar surface area (TPSA) is 76.0 Å². The number of carbonyl (C=O) groups is 1. The lowest BCUT2D eigenvalue weighted by Crippen LogP contribution is -2.14. The Balaban J connectivity index is 3.18. The lowest BCUT2D eigenvalue weighted by Gasteiger charge is -2.12. The number of hydrogen-bond acceptors (Lipinski definition) is 5.